The van der Waals surface area contributed by atoms with Crippen molar-refractivity contribution in [3.63, 3.8) is 0 Å². The van der Waals surface area contributed by atoms with E-state index in [0.29, 0.717) is 37.2 Å². The highest BCUT2D eigenvalue weighted by Gasteiger charge is 2.35. The molecule has 0 bridgehead atoms. The molecule has 4 aliphatic rings. The molecule has 72 heavy (non-hydrogen) atoms. The van der Waals surface area contributed by atoms with Gasteiger partial charge in [0.1, 0.15) is 12.2 Å². The summed E-state index contributed by atoms with van der Waals surface area (Å²) in [6, 6.07) is 23.9. The van der Waals surface area contributed by atoms with Gasteiger partial charge in [-0.25, -0.2) is 4.79 Å². The van der Waals surface area contributed by atoms with E-state index in [2.05, 4.69) is 91.9 Å². The summed E-state index contributed by atoms with van der Waals surface area (Å²) >= 11 is 0. The number of fused-ring (bicyclic) bond motifs is 2. The van der Waals surface area contributed by atoms with Crippen molar-refractivity contribution in [2.45, 2.75) is 90.5 Å². The molecule has 1 atom stereocenters. The molecule has 382 valence electrons. The van der Waals surface area contributed by atoms with Crippen LogP contribution < -0.4 is 20.8 Å². The third-order valence-corrected chi connectivity index (χ3v) is 14.4. The Balaban J connectivity index is 0.000000703. The average molecular weight is 988 g/mol. The van der Waals surface area contributed by atoms with Crippen LogP contribution in [0.5, 0.6) is 0 Å². The minimum absolute atomic E-state index is 0.158. The third kappa shape index (κ3) is 12.5. The number of nitrogens with zero attached hydrogens (tertiary/aromatic N) is 10. The predicted molar refractivity (Wildman–Crippen MR) is 277 cm³/mol. The molecule has 2 amide bonds. The van der Waals surface area contributed by atoms with Crippen LogP contribution in [0.15, 0.2) is 109 Å². The van der Waals surface area contributed by atoms with Gasteiger partial charge in [-0.05, 0) is 96.8 Å². The quantitative estimate of drug-likeness (QED) is 0.102. The van der Waals surface area contributed by atoms with Crippen molar-refractivity contribution in [1.82, 2.24) is 43.7 Å². The molecular weight excluding hydrogens is 920 g/mol. The molecule has 3 aromatic heterocycles. The van der Waals surface area contributed by atoms with E-state index in [9.17, 15) is 27.6 Å². The molecule has 3 fully saturated rings. The number of halogens is 3. The number of nitrogens with one attached hydrogen (secondary N) is 1. The fourth-order valence-electron chi connectivity index (χ4n) is 9.78. The Hall–Kier alpha value is -6.72. The number of piperazine rings is 2. The van der Waals surface area contributed by atoms with Crippen LogP contribution in [-0.4, -0.2) is 116 Å². The minimum Gasteiger partial charge on any atom is -0.368 e. The molecule has 3 aliphatic heterocycles. The van der Waals surface area contributed by atoms with Crippen LogP contribution in [0.2, 0.25) is 0 Å². The Morgan fingerprint density at radius 2 is 1.47 bits per heavy atom. The number of carbonyl (C=O) groups is 2. The molecule has 0 spiro atoms. The highest BCUT2D eigenvalue weighted by atomic mass is 19.4. The summed E-state index contributed by atoms with van der Waals surface area (Å²) in [5.74, 6) is 0.890. The molecule has 1 unspecified atom stereocenters. The fourth-order valence-corrected chi connectivity index (χ4v) is 9.78. The number of alkyl halides is 3. The second kappa shape index (κ2) is 23.7. The second-order valence-electron chi connectivity index (χ2n) is 19.3. The van der Waals surface area contributed by atoms with Gasteiger partial charge in [-0.15, -0.1) is 10.2 Å². The maximum atomic E-state index is 14.5. The number of aromatic nitrogens is 5. The first-order chi connectivity index (χ1) is 34.8. The smallest absolute Gasteiger partial charge is 0.368 e. The number of hydrogen-bond donors (Lipinski definition) is 1. The summed E-state index contributed by atoms with van der Waals surface area (Å²) in [5.41, 5.74) is 5.91. The van der Waals surface area contributed by atoms with E-state index in [-0.39, 0.29) is 17.5 Å². The lowest BCUT2D eigenvalue weighted by molar-refractivity contribution is -0.136. The number of imidazole rings is 1. The fraction of sp³-hybridized carbons (Fsp3) is 0.436. The predicted octanol–water partition coefficient (Wildman–Crippen LogP) is 8.10. The van der Waals surface area contributed by atoms with Crippen molar-refractivity contribution in [2.24, 2.45) is 7.05 Å². The van der Waals surface area contributed by atoms with Crippen LogP contribution in [0.1, 0.15) is 96.4 Å². The molecule has 10 rings (SSSR count). The number of hydrogen-bond acceptors (Lipinski definition) is 9. The lowest BCUT2D eigenvalue weighted by Gasteiger charge is -2.37. The zero-order valence-corrected chi connectivity index (χ0v) is 41.9. The number of aryl methyl sites for hydroxylation is 1. The summed E-state index contributed by atoms with van der Waals surface area (Å²) < 4.78 is 47.8. The number of carbonyl (C=O) groups excluding carboxylic acids is 2. The van der Waals surface area contributed by atoms with E-state index >= 15 is 0 Å². The Bertz CT molecular complexity index is 2830. The van der Waals surface area contributed by atoms with Crippen LogP contribution >= 0.6 is 0 Å². The first-order valence-electron chi connectivity index (χ1n) is 25.4. The molecule has 2 saturated heterocycles. The van der Waals surface area contributed by atoms with E-state index < -0.39 is 17.4 Å². The van der Waals surface area contributed by atoms with Crippen molar-refractivity contribution >= 4 is 29.2 Å². The van der Waals surface area contributed by atoms with E-state index in [1.54, 1.807) is 35.3 Å². The average Bonchev–Trinajstić information content (AvgIpc) is 4.04. The number of rotatable bonds is 15. The number of amides is 2. The van der Waals surface area contributed by atoms with Crippen LogP contribution in [0, 0.1) is 0 Å². The van der Waals surface area contributed by atoms with Crippen molar-refractivity contribution < 1.29 is 22.8 Å². The highest BCUT2D eigenvalue weighted by molar-refractivity contribution is 5.99. The van der Waals surface area contributed by atoms with Crippen molar-refractivity contribution in [3.8, 4) is 5.69 Å². The standard InChI is InChI=1S/C48H55F3N10O2.C4H8.C3H5NO/c1-4-6-34(2)59-31-38-28-40(13-14-42(38)46(59)62)58-23-21-57(22-24-58)39-11-9-35(10-12-39)15-16-55-17-19-56(20-18-55)29-37-26-43(48(49,50)51)44-32-60(47(63)61(44)30-37)41-8-5-7-36(25-41)27-45-53-52-33-54(45)3;1-2-4-3-1;1-2-4-3-5/h5,7-14,25-26,28,30,32-34H,4,6,15-24,27,29,31H2,1-3H3;1-4H2;2-3H,1H2,(H,4,5). The van der Waals surface area contributed by atoms with E-state index in [1.165, 1.54) is 65.7 Å². The van der Waals surface area contributed by atoms with Gasteiger partial charge in [-0.2, -0.15) is 13.2 Å². The number of anilines is 2. The largest absolute Gasteiger partial charge is 0.418 e. The first kappa shape index (κ1) is 51.6. The van der Waals surface area contributed by atoms with Crippen molar-refractivity contribution in [3.05, 3.63) is 154 Å². The molecule has 6 heterocycles. The van der Waals surface area contributed by atoms with Crippen LogP contribution in [-0.2, 0) is 43.9 Å². The lowest BCUT2D eigenvalue weighted by atomic mass is 10.0. The van der Waals surface area contributed by atoms with Gasteiger partial charge in [-0.3, -0.25) is 23.5 Å². The molecule has 0 radical (unpaired) electrons. The molecular formula is C55H68F3N11O3. The molecule has 1 aliphatic carbocycles. The Morgan fingerprint density at radius 3 is 2.08 bits per heavy atom. The Kier molecular flexibility index (Phi) is 17.0. The van der Waals surface area contributed by atoms with E-state index in [1.807, 2.05) is 24.1 Å². The molecule has 3 aromatic carbocycles. The Morgan fingerprint density at radius 1 is 0.792 bits per heavy atom. The summed E-state index contributed by atoms with van der Waals surface area (Å²) in [6.07, 6.45) is 11.1. The number of benzene rings is 3. The van der Waals surface area contributed by atoms with Gasteiger partial charge in [0.15, 0.2) is 0 Å². The highest BCUT2D eigenvalue weighted by Crippen LogP contribution is 2.34. The van der Waals surface area contributed by atoms with Gasteiger partial charge < -0.3 is 29.5 Å². The van der Waals surface area contributed by atoms with Gasteiger partial charge >= 0.3 is 11.9 Å². The molecule has 17 heteroatoms. The zero-order valence-electron chi connectivity index (χ0n) is 41.9. The van der Waals surface area contributed by atoms with Crippen LogP contribution in [0.3, 0.4) is 0 Å². The van der Waals surface area contributed by atoms with Crippen LogP contribution in [0.4, 0.5) is 24.5 Å². The van der Waals surface area contributed by atoms with Crippen molar-refractivity contribution in [1.29, 1.82) is 0 Å². The van der Waals surface area contributed by atoms with Crippen LogP contribution in [0.25, 0.3) is 11.2 Å². The Labute approximate surface area is 420 Å². The van der Waals surface area contributed by atoms with Crippen molar-refractivity contribution in [2.75, 3.05) is 68.7 Å². The summed E-state index contributed by atoms with van der Waals surface area (Å²) in [5, 5.41) is 10.2. The number of pyridine rings is 1. The maximum Gasteiger partial charge on any atom is 0.418 e. The summed E-state index contributed by atoms with van der Waals surface area (Å²) in [7, 11) is 1.84. The first-order valence-corrected chi connectivity index (χ1v) is 25.4. The molecule has 1 N–H and O–H groups in total. The van der Waals surface area contributed by atoms with Gasteiger partial charge in [0.25, 0.3) is 5.91 Å². The van der Waals surface area contributed by atoms with Gasteiger partial charge in [0.05, 0.1) is 16.8 Å². The zero-order chi connectivity index (χ0) is 50.8. The molecule has 6 aromatic rings. The van der Waals surface area contributed by atoms with E-state index in [4.69, 9.17) is 0 Å². The lowest BCUT2D eigenvalue weighted by Crippen LogP contribution is -2.46. The molecule has 1 saturated carbocycles. The summed E-state index contributed by atoms with van der Waals surface area (Å²) in [4.78, 5) is 47.4. The third-order valence-electron chi connectivity index (χ3n) is 14.4. The molecule has 14 nitrogen and oxygen atoms in total. The SMILES string of the molecule is C1CCC1.C=CNC=O.CCCC(C)N1Cc2cc(N3CCN(c4ccc(CCN5CCN(Cc6cc(C(F)(F)F)c7cn(-c8cccc(Cc9nncn9C)c8)c(=O)n7c6)CC5)cc4)CC3)ccc2C1=O. The van der Waals surface area contributed by atoms with E-state index in [0.717, 1.165) is 105 Å². The van der Waals surface area contributed by atoms with Gasteiger partial charge in [-0.1, -0.05) is 69.9 Å². The van der Waals surface area contributed by atoms with Gasteiger partial charge in [0.2, 0.25) is 6.41 Å². The monoisotopic (exact) mass is 988 g/mol. The van der Waals surface area contributed by atoms with Gasteiger partial charge in [0, 0.05) is 121 Å². The normalized spacial score (nSPS) is 16.6. The summed E-state index contributed by atoms with van der Waals surface area (Å²) in [6.45, 7) is 16.2. The topological polar surface area (TPSA) is 119 Å². The second-order valence-corrected chi connectivity index (χ2v) is 19.3. The minimum atomic E-state index is -4.64. The maximum absolute atomic E-state index is 14.5.